The van der Waals surface area contributed by atoms with Crippen molar-refractivity contribution in [1.29, 1.82) is 4.78 Å². The van der Waals surface area contributed by atoms with Gasteiger partial charge in [-0.2, -0.15) is 0 Å². The molecule has 5 nitrogen and oxygen atoms in total. The van der Waals surface area contributed by atoms with Gasteiger partial charge in [0.2, 0.25) is 0 Å². The van der Waals surface area contributed by atoms with Gasteiger partial charge >= 0.3 is 0 Å². The van der Waals surface area contributed by atoms with Crippen LogP contribution in [0.25, 0.3) is 0 Å². The van der Waals surface area contributed by atoms with E-state index in [-0.39, 0.29) is 16.9 Å². The first-order chi connectivity index (χ1) is 11.4. The molecule has 1 amide bonds. The number of carbonyl (C=O) groups is 1. The Hall–Kier alpha value is -1.70. The number of aliphatic hydroxyl groups excluding tert-OH is 1. The molecule has 2 unspecified atom stereocenters. The topological polar surface area (TPSA) is 90.2 Å². The van der Waals surface area contributed by atoms with Crippen molar-refractivity contribution < 1.29 is 14.1 Å². The number of amides is 1. The molecule has 0 aliphatic carbocycles. The smallest absolute Gasteiger partial charge is 0.252 e. The number of nitrogens with one attached hydrogen (secondary N) is 2. The van der Waals surface area contributed by atoms with Crippen LogP contribution in [0, 0.1) is 4.78 Å². The highest BCUT2D eigenvalue weighted by molar-refractivity contribution is 9.10. The van der Waals surface area contributed by atoms with Gasteiger partial charge in [0, 0.05) is 11.0 Å². The van der Waals surface area contributed by atoms with Crippen LogP contribution in [0.15, 0.2) is 57.9 Å². The number of hydrogen-bond acceptors (Lipinski definition) is 4. The first-order valence-electron chi connectivity index (χ1n) is 7.43. The number of hydrogen-bond donors (Lipinski definition) is 3. The summed E-state index contributed by atoms with van der Waals surface area (Å²) in [6, 6.07) is 14.0. The molecule has 0 aromatic heterocycles. The average Bonchev–Trinajstić information content (AvgIpc) is 2.59. The van der Waals surface area contributed by atoms with E-state index in [1.165, 1.54) is 12.1 Å². The third-order valence-electron chi connectivity index (χ3n) is 3.54. The molecule has 3 N–H and O–H groups in total. The standard InChI is InChI=1S/C17H19BrN2O3S/c1-2-16(21)24(19,23)15-9-8-13(18)10-14(15)17(22)20-11-12-6-4-3-5-7-12/h3-10,16,19,21H,2,11H2,1H3,(H,20,22). The average molecular weight is 411 g/mol. The Morgan fingerprint density at radius 2 is 1.96 bits per heavy atom. The van der Waals surface area contributed by atoms with Gasteiger partial charge in [-0.25, -0.2) is 8.99 Å². The fourth-order valence-corrected chi connectivity index (χ4v) is 4.07. The van der Waals surface area contributed by atoms with Gasteiger partial charge in [0.1, 0.15) is 15.2 Å². The number of rotatable bonds is 6. The minimum atomic E-state index is -3.49. The molecular weight excluding hydrogens is 392 g/mol. The second kappa shape index (κ2) is 7.92. The van der Waals surface area contributed by atoms with E-state index >= 15 is 0 Å². The summed E-state index contributed by atoms with van der Waals surface area (Å²) < 4.78 is 21.3. The zero-order chi connectivity index (χ0) is 17.7. The monoisotopic (exact) mass is 410 g/mol. The predicted octanol–water partition coefficient (Wildman–Crippen LogP) is 3.51. The van der Waals surface area contributed by atoms with E-state index < -0.39 is 21.1 Å². The van der Waals surface area contributed by atoms with Gasteiger partial charge in [-0.1, -0.05) is 53.2 Å². The number of benzene rings is 2. The summed E-state index contributed by atoms with van der Waals surface area (Å²) >= 11 is 3.28. The normalized spacial score (nSPS) is 14.6. The second-order valence-corrected chi connectivity index (χ2v) is 8.37. The van der Waals surface area contributed by atoms with Crippen molar-refractivity contribution in [1.82, 2.24) is 5.32 Å². The van der Waals surface area contributed by atoms with Gasteiger partial charge < -0.3 is 10.4 Å². The molecule has 0 heterocycles. The van der Waals surface area contributed by atoms with Gasteiger partial charge in [-0.05, 0) is 30.2 Å². The summed E-state index contributed by atoms with van der Waals surface area (Å²) in [5, 5.41) is 12.7. The minimum absolute atomic E-state index is 0.0469. The fourth-order valence-electron chi connectivity index (χ4n) is 2.20. The van der Waals surface area contributed by atoms with Crippen LogP contribution in [-0.4, -0.2) is 20.7 Å². The van der Waals surface area contributed by atoms with Gasteiger partial charge in [-0.15, -0.1) is 0 Å². The van der Waals surface area contributed by atoms with Crippen LogP contribution < -0.4 is 5.32 Å². The molecule has 0 aliphatic rings. The maximum Gasteiger partial charge on any atom is 0.252 e. The molecule has 2 aromatic carbocycles. The third-order valence-corrected chi connectivity index (χ3v) is 6.14. The van der Waals surface area contributed by atoms with Crippen LogP contribution in [-0.2, 0) is 16.3 Å². The lowest BCUT2D eigenvalue weighted by Gasteiger charge is -2.17. The lowest BCUT2D eigenvalue weighted by atomic mass is 10.2. The molecule has 0 aliphatic heterocycles. The van der Waals surface area contributed by atoms with Crippen LogP contribution in [0.1, 0.15) is 29.3 Å². The molecule has 0 radical (unpaired) electrons. The molecule has 7 heteroatoms. The summed E-state index contributed by atoms with van der Waals surface area (Å²) in [6.45, 7) is 1.97. The van der Waals surface area contributed by atoms with E-state index in [9.17, 15) is 14.1 Å². The highest BCUT2D eigenvalue weighted by atomic mass is 79.9. The van der Waals surface area contributed by atoms with Crippen molar-refractivity contribution in [3.05, 3.63) is 64.1 Å². The van der Waals surface area contributed by atoms with Crippen molar-refractivity contribution in [3.63, 3.8) is 0 Å². The van der Waals surface area contributed by atoms with Crippen molar-refractivity contribution in [3.8, 4) is 0 Å². The van der Waals surface area contributed by atoms with Crippen LogP contribution >= 0.6 is 15.9 Å². The summed E-state index contributed by atoms with van der Waals surface area (Å²) in [4.78, 5) is 12.6. The zero-order valence-corrected chi connectivity index (χ0v) is 15.6. The number of aliphatic hydroxyl groups is 1. The first-order valence-corrected chi connectivity index (χ1v) is 9.85. The van der Waals surface area contributed by atoms with E-state index in [4.69, 9.17) is 4.78 Å². The Labute approximate surface area is 150 Å². The Morgan fingerprint density at radius 1 is 1.29 bits per heavy atom. The zero-order valence-electron chi connectivity index (χ0n) is 13.2. The molecule has 0 saturated heterocycles. The van der Waals surface area contributed by atoms with Crippen molar-refractivity contribution >= 4 is 31.6 Å². The van der Waals surface area contributed by atoms with Crippen LogP contribution in [0.4, 0.5) is 0 Å². The predicted molar refractivity (Wildman–Crippen MR) is 97.2 cm³/mol. The van der Waals surface area contributed by atoms with Crippen LogP contribution in [0.2, 0.25) is 0 Å². The highest BCUT2D eigenvalue weighted by Gasteiger charge is 2.25. The summed E-state index contributed by atoms with van der Waals surface area (Å²) in [5.41, 5.74) is -0.255. The molecule has 24 heavy (non-hydrogen) atoms. The van der Waals surface area contributed by atoms with E-state index in [0.717, 1.165) is 5.56 Å². The molecular formula is C17H19BrN2O3S. The van der Waals surface area contributed by atoms with Crippen LogP contribution in [0.5, 0.6) is 0 Å². The van der Waals surface area contributed by atoms with Gasteiger partial charge in [0.25, 0.3) is 5.91 Å². The Balaban J connectivity index is 2.32. The molecule has 0 spiro atoms. The molecule has 128 valence electrons. The lowest BCUT2D eigenvalue weighted by Crippen LogP contribution is -2.27. The minimum Gasteiger partial charge on any atom is -0.379 e. The van der Waals surface area contributed by atoms with Gasteiger partial charge in [0.15, 0.2) is 0 Å². The van der Waals surface area contributed by atoms with E-state index in [0.29, 0.717) is 11.0 Å². The fraction of sp³-hybridized carbons (Fsp3) is 0.235. The van der Waals surface area contributed by atoms with Crippen LogP contribution in [0.3, 0.4) is 0 Å². The van der Waals surface area contributed by atoms with Crippen molar-refractivity contribution in [2.24, 2.45) is 0 Å². The summed E-state index contributed by atoms with van der Waals surface area (Å²) in [7, 11) is -3.49. The molecule has 2 atom stereocenters. The number of carbonyl (C=O) groups excluding carboxylic acids is 1. The largest absolute Gasteiger partial charge is 0.379 e. The first kappa shape index (κ1) is 18.6. The lowest BCUT2D eigenvalue weighted by molar-refractivity contribution is 0.0947. The Morgan fingerprint density at radius 3 is 2.58 bits per heavy atom. The van der Waals surface area contributed by atoms with E-state index in [1.807, 2.05) is 30.3 Å². The van der Waals surface area contributed by atoms with E-state index in [1.54, 1.807) is 13.0 Å². The summed E-state index contributed by atoms with van der Waals surface area (Å²) in [5.74, 6) is -0.432. The third kappa shape index (κ3) is 4.23. The molecule has 0 bridgehead atoms. The highest BCUT2D eigenvalue weighted by Crippen LogP contribution is 2.25. The maximum atomic E-state index is 12.7. The molecule has 0 fully saturated rings. The van der Waals surface area contributed by atoms with Crippen molar-refractivity contribution in [2.45, 2.75) is 30.2 Å². The van der Waals surface area contributed by atoms with E-state index in [2.05, 4.69) is 21.2 Å². The number of halogens is 1. The quantitative estimate of drug-likeness (QED) is 0.680. The van der Waals surface area contributed by atoms with Gasteiger partial charge in [-0.3, -0.25) is 4.79 Å². The van der Waals surface area contributed by atoms with Gasteiger partial charge in [0.05, 0.1) is 10.5 Å². The second-order valence-electron chi connectivity index (χ2n) is 5.27. The Kier molecular flexibility index (Phi) is 6.15. The summed E-state index contributed by atoms with van der Waals surface area (Å²) in [6.07, 6.45) is 0.170. The SMILES string of the molecule is CCC(O)S(=N)(=O)c1ccc(Br)cc1C(=O)NCc1ccccc1. The molecule has 2 aromatic rings. The Bertz CT molecular complexity index is 823. The molecule has 0 saturated carbocycles. The molecule has 2 rings (SSSR count). The van der Waals surface area contributed by atoms with Crippen molar-refractivity contribution in [2.75, 3.05) is 0 Å². The maximum absolute atomic E-state index is 12.7.